The molecule has 1 heterocycles. The van der Waals surface area contributed by atoms with Crippen LogP contribution in [0.3, 0.4) is 0 Å². The second kappa shape index (κ2) is 9.19. The van der Waals surface area contributed by atoms with Crippen molar-refractivity contribution < 1.29 is 14.3 Å². The molecule has 2 aromatic rings. The van der Waals surface area contributed by atoms with Crippen LogP contribution in [0.5, 0.6) is 5.75 Å². The first-order valence-electron chi connectivity index (χ1n) is 7.87. The third kappa shape index (κ3) is 4.94. The number of esters is 1. The standard InChI is InChI=1S/C18H19BrN2O3Se/c1-5-23-18(22)16-14(9-19)21-17(25-16)12-6-7-15(13(8-12)20-4)24-10-11(2)3/h6-8,11H,5,9-10H2,1-3H3. The van der Waals surface area contributed by atoms with Crippen LogP contribution in [0.25, 0.3) is 15.0 Å². The zero-order chi connectivity index (χ0) is 18.4. The van der Waals surface area contributed by atoms with Crippen LogP contribution in [0.4, 0.5) is 5.69 Å². The summed E-state index contributed by atoms with van der Waals surface area (Å²) in [7, 11) is 0. The maximum atomic E-state index is 12.1. The van der Waals surface area contributed by atoms with Gasteiger partial charge in [0.2, 0.25) is 0 Å². The Bertz CT molecular complexity index is 796. The van der Waals surface area contributed by atoms with Crippen LogP contribution in [0.15, 0.2) is 18.2 Å². The van der Waals surface area contributed by atoms with E-state index >= 15 is 0 Å². The van der Waals surface area contributed by atoms with Crippen molar-refractivity contribution >= 4 is 42.1 Å². The quantitative estimate of drug-likeness (QED) is 0.260. The molecule has 132 valence electrons. The second-order valence-electron chi connectivity index (χ2n) is 5.65. The molecule has 7 heteroatoms. The van der Waals surface area contributed by atoms with E-state index in [-0.39, 0.29) is 20.5 Å². The molecular weight excluding hydrogens is 451 g/mol. The van der Waals surface area contributed by atoms with E-state index in [0.717, 1.165) is 10.1 Å². The number of hydrogen-bond acceptors (Lipinski definition) is 4. The molecule has 0 aliphatic rings. The van der Waals surface area contributed by atoms with Crippen molar-refractivity contribution in [2.75, 3.05) is 13.2 Å². The Kier molecular flexibility index (Phi) is 7.24. The van der Waals surface area contributed by atoms with Gasteiger partial charge in [0, 0.05) is 0 Å². The number of alkyl halides is 1. The minimum atomic E-state index is -0.307. The summed E-state index contributed by atoms with van der Waals surface area (Å²) in [5, 5.41) is 0.498. The fourth-order valence-corrected chi connectivity index (χ4v) is 4.90. The van der Waals surface area contributed by atoms with Gasteiger partial charge in [0.1, 0.15) is 0 Å². The fraction of sp³-hybridized carbons (Fsp3) is 0.389. The molecule has 25 heavy (non-hydrogen) atoms. The first-order valence-corrected chi connectivity index (χ1v) is 10.7. The predicted octanol–water partition coefficient (Wildman–Crippen LogP) is 4.46. The van der Waals surface area contributed by atoms with Crippen molar-refractivity contribution in [2.24, 2.45) is 5.92 Å². The molecular formula is C18H19BrN2O3Se. The van der Waals surface area contributed by atoms with Gasteiger partial charge in [0.25, 0.3) is 0 Å². The molecule has 0 N–H and O–H groups in total. The van der Waals surface area contributed by atoms with Crippen LogP contribution in [-0.4, -0.2) is 38.7 Å². The van der Waals surface area contributed by atoms with Crippen molar-refractivity contribution in [3.63, 3.8) is 0 Å². The third-order valence-electron chi connectivity index (χ3n) is 3.18. The van der Waals surface area contributed by atoms with Crippen LogP contribution in [-0.2, 0) is 10.1 Å². The summed E-state index contributed by atoms with van der Waals surface area (Å²) < 4.78 is 12.3. The molecule has 0 aliphatic heterocycles. The molecule has 5 nitrogen and oxygen atoms in total. The van der Waals surface area contributed by atoms with Gasteiger partial charge in [-0.2, -0.15) is 0 Å². The number of carbonyl (C=O) groups excluding carboxylic acids is 1. The van der Waals surface area contributed by atoms with Gasteiger partial charge in [-0.1, -0.05) is 0 Å². The molecule has 2 rings (SSSR count). The van der Waals surface area contributed by atoms with Crippen LogP contribution < -0.4 is 4.74 Å². The van der Waals surface area contributed by atoms with Crippen molar-refractivity contribution in [2.45, 2.75) is 26.1 Å². The number of ether oxygens (including phenoxy) is 2. The molecule has 1 aromatic heterocycles. The summed E-state index contributed by atoms with van der Waals surface area (Å²) in [5.41, 5.74) is 2.01. The molecule has 0 aliphatic carbocycles. The summed E-state index contributed by atoms with van der Waals surface area (Å²) in [6.45, 7) is 14.2. The van der Waals surface area contributed by atoms with Crippen molar-refractivity contribution in [1.82, 2.24) is 4.98 Å². The Balaban J connectivity index is 2.35. The first kappa shape index (κ1) is 19.7. The number of hydrogen-bond donors (Lipinski definition) is 0. The Labute approximate surface area is 162 Å². The number of nitrogens with zero attached hydrogens (tertiary/aromatic N) is 2. The monoisotopic (exact) mass is 470 g/mol. The van der Waals surface area contributed by atoms with E-state index in [2.05, 4.69) is 39.6 Å². The zero-order valence-corrected chi connectivity index (χ0v) is 17.6. The van der Waals surface area contributed by atoms with Crippen LogP contribution in [0.1, 0.15) is 35.7 Å². The van der Waals surface area contributed by atoms with Gasteiger partial charge in [-0.05, 0) is 0 Å². The normalized spacial score (nSPS) is 10.6. The SMILES string of the molecule is [C-]#[N+]c1cc(-c2nc(CBr)c(C(=O)OCC)[se]2)ccc1OCC(C)C. The third-order valence-corrected chi connectivity index (χ3v) is 6.08. The summed E-state index contributed by atoms with van der Waals surface area (Å²) in [5.74, 6) is 0.662. The van der Waals surface area contributed by atoms with Crippen molar-refractivity contribution in [3.8, 4) is 15.9 Å². The average molecular weight is 470 g/mol. The Morgan fingerprint density at radius 2 is 2.20 bits per heavy atom. The molecule has 0 radical (unpaired) electrons. The zero-order valence-electron chi connectivity index (χ0n) is 14.3. The number of aromatic nitrogens is 1. The minimum absolute atomic E-state index is 0.241. The Morgan fingerprint density at radius 1 is 1.44 bits per heavy atom. The topological polar surface area (TPSA) is 52.8 Å². The molecule has 0 saturated heterocycles. The number of carbonyl (C=O) groups is 1. The van der Waals surface area contributed by atoms with E-state index in [0.29, 0.717) is 46.0 Å². The summed E-state index contributed by atoms with van der Waals surface area (Å²) >= 11 is 3.14. The van der Waals surface area contributed by atoms with E-state index in [1.807, 2.05) is 6.07 Å². The summed E-state index contributed by atoms with van der Waals surface area (Å²) in [6.07, 6.45) is 0. The van der Waals surface area contributed by atoms with Gasteiger partial charge in [-0.15, -0.1) is 0 Å². The van der Waals surface area contributed by atoms with E-state index in [1.54, 1.807) is 19.1 Å². The van der Waals surface area contributed by atoms with Crippen molar-refractivity contribution in [3.05, 3.63) is 39.7 Å². The van der Waals surface area contributed by atoms with Crippen LogP contribution in [0, 0.1) is 12.5 Å². The van der Waals surface area contributed by atoms with Gasteiger partial charge in [-0.25, -0.2) is 0 Å². The molecule has 0 atom stereocenters. The molecule has 0 amide bonds. The maximum absolute atomic E-state index is 12.1. The molecule has 0 spiro atoms. The predicted molar refractivity (Wildman–Crippen MR) is 102 cm³/mol. The van der Waals surface area contributed by atoms with Crippen LogP contribution in [0.2, 0.25) is 0 Å². The van der Waals surface area contributed by atoms with Crippen LogP contribution >= 0.6 is 15.9 Å². The number of benzene rings is 1. The van der Waals surface area contributed by atoms with Gasteiger partial charge in [0.15, 0.2) is 0 Å². The molecule has 0 saturated carbocycles. The van der Waals surface area contributed by atoms with E-state index in [9.17, 15) is 4.79 Å². The number of rotatable bonds is 7. The Morgan fingerprint density at radius 3 is 2.80 bits per heavy atom. The Hall–Kier alpha value is -1.61. The average Bonchev–Trinajstić information content (AvgIpc) is 3.04. The molecule has 0 fully saturated rings. The van der Waals surface area contributed by atoms with Gasteiger partial charge < -0.3 is 0 Å². The van der Waals surface area contributed by atoms with E-state index in [1.165, 1.54) is 0 Å². The molecule has 1 aromatic carbocycles. The van der Waals surface area contributed by atoms with E-state index in [4.69, 9.17) is 16.0 Å². The van der Waals surface area contributed by atoms with Gasteiger partial charge in [-0.3, -0.25) is 0 Å². The van der Waals surface area contributed by atoms with Crippen molar-refractivity contribution in [1.29, 1.82) is 0 Å². The van der Waals surface area contributed by atoms with E-state index < -0.39 is 0 Å². The fourth-order valence-electron chi connectivity index (χ4n) is 2.04. The van der Waals surface area contributed by atoms with Gasteiger partial charge >= 0.3 is 162 Å². The first-order chi connectivity index (χ1) is 12.0. The summed E-state index contributed by atoms with van der Waals surface area (Å²) in [4.78, 5) is 20.2. The molecule has 0 unspecified atom stereocenters. The molecule has 0 bridgehead atoms. The summed E-state index contributed by atoms with van der Waals surface area (Å²) in [6, 6.07) is 5.48. The second-order valence-corrected chi connectivity index (χ2v) is 8.30. The number of halogens is 1. The van der Waals surface area contributed by atoms with Gasteiger partial charge in [0.05, 0.1) is 0 Å².